The second-order valence-electron chi connectivity index (χ2n) is 11.4. The third-order valence-corrected chi connectivity index (χ3v) is 7.19. The van der Waals surface area contributed by atoms with Crippen LogP contribution < -0.4 is 0 Å². The van der Waals surface area contributed by atoms with Crippen LogP contribution in [0.25, 0.3) is 0 Å². The van der Waals surface area contributed by atoms with Crippen molar-refractivity contribution in [3.05, 3.63) is 36.5 Å². The van der Waals surface area contributed by atoms with Gasteiger partial charge in [0.1, 0.15) is 6.61 Å². The van der Waals surface area contributed by atoms with E-state index in [1.807, 2.05) is 0 Å². The molecule has 0 aromatic heterocycles. The topological polar surface area (TPSA) is 61.8 Å². The summed E-state index contributed by atoms with van der Waals surface area (Å²) in [5, 5.41) is 0. The van der Waals surface area contributed by atoms with Crippen LogP contribution in [0.5, 0.6) is 0 Å². The number of carbonyl (C=O) groups is 2. The Bertz CT molecular complexity index is 682. The first-order chi connectivity index (χ1) is 20.6. The van der Waals surface area contributed by atoms with Gasteiger partial charge in [0.2, 0.25) is 0 Å². The van der Waals surface area contributed by atoms with Crippen LogP contribution in [-0.4, -0.2) is 37.9 Å². The van der Waals surface area contributed by atoms with Crippen molar-refractivity contribution in [1.29, 1.82) is 0 Å². The Morgan fingerprint density at radius 2 is 1.07 bits per heavy atom. The zero-order chi connectivity index (χ0) is 30.8. The zero-order valence-corrected chi connectivity index (χ0v) is 27.8. The summed E-state index contributed by atoms with van der Waals surface area (Å²) >= 11 is 0. The van der Waals surface area contributed by atoms with Crippen LogP contribution in [0.15, 0.2) is 36.5 Å². The quantitative estimate of drug-likeness (QED) is 0.0456. The van der Waals surface area contributed by atoms with Crippen LogP contribution >= 0.6 is 0 Å². The molecule has 0 spiro atoms. The molecule has 0 aliphatic heterocycles. The van der Waals surface area contributed by atoms with E-state index >= 15 is 0 Å². The lowest BCUT2D eigenvalue weighted by Gasteiger charge is -2.18. The van der Waals surface area contributed by atoms with E-state index in [2.05, 4.69) is 57.2 Å². The summed E-state index contributed by atoms with van der Waals surface area (Å²) in [6.45, 7) is 7.56. The summed E-state index contributed by atoms with van der Waals surface area (Å²) in [6, 6.07) is 0. The summed E-state index contributed by atoms with van der Waals surface area (Å²) in [5.74, 6) is -0.436. The molecular weight excluding hydrogens is 524 g/mol. The summed E-state index contributed by atoms with van der Waals surface area (Å²) in [6.07, 6.45) is 35.9. The Kier molecular flexibility index (Phi) is 32.1. The van der Waals surface area contributed by atoms with E-state index in [9.17, 15) is 9.59 Å². The molecule has 0 heterocycles. The molecule has 244 valence electrons. The van der Waals surface area contributed by atoms with Gasteiger partial charge in [0.25, 0.3) is 0 Å². The average molecular weight is 591 g/mol. The third kappa shape index (κ3) is 31.1. The summed E-state index contributed by atoms with van der Waals surface area (Å²) in [7, 11) is 0. The van der Waals surface area contributed by atoms with E-state index in [-0.39, 0.29) is 25.2 Å². The molecule has 0 saturated carbocycles. The summed E-state index contributed by atoms with van der Waals surface area (Å²) in [5.41, 5.74) is 0. The minimum Gasteiger partial charge on any atom is -0.462 e. The standard InChI is InChI=1S/C37H66O5/c1-4-7-10-13-15-16-17-18-19-20-21-22-23-25-27-30-36(38)41-34-35(33-40-32-29-26-14-11-8-5-2)42-37(39)31-28-24-12-9-6-3/h7,10,15-16,18-19,35H,4-6,8-9,11-14,17,20-34H2,1-3H3/b10-7-,16-15-,19-18-. The van der Waals surface area contributed by atoms with Crippen LogP contribution in [0.3, 0.4) is 0 Å². The molecule has 42 heavy (non-hydrogen) atoms. The van der Waals surface area contributed by atoms with Crippen molar-refractivity contribution >= 4 is 11.9 Å². The first kappa shape index (κ1) is 40.1. The van der Waals surface area contributed by atoms with Gasteiger partial charge >= 0.3 is 11.9 Å². The maximum atomic E-state index is 12.4. The largest absolute Gasteiger partial charge is 0.462 e. The predicted octanol–water partition coefficient (Wildman–Crippen LogP) is 10.8. The van der Waals surface area contributed by atoms with Gasteiger partial charge in [-0.3, -0.25) is 9.59 Å². The van der Waals surface area contributed by atoms with Gasteiger partial charge in [-0.05, 0) is 51.4 Å². The number of unbranched alkanes of at least 4 members (excludes halogenated alkanes) is 14. The van der Waals surface area contributed by atoms with Crippen molar-refractivity contribution in [1.82, 2.24) is 0 Å². The van der Waals surface area contributed by atoms with Crippen LogP contribution in [-0.2, 0) is 23.8 Å². The Hall–Kier alpha value is -1.88. The fourth-order valence-corrected chi connectivity index (χ4v) is 4.58. The fraction of sp³-hybridized carbons (Fsp3) is 0.784. The summed E-state index contributed by atoms with van der Waals surface area (Å²) in [4.78, 5) is 24.7. The van der Waals surface area contributed by atoms with Gasteiger partial charge < -0.3 is 14.2 Å². The molecule has 0 aromatic rings. The van der Waals surface area contributed by atoms with Crippen molar-refractivity contribution in [2.75, 3.05) is 19.8 Å². The zero-order valence-electron chi connectivity index (χ0n) is 27.8. The van der Waals surface area contributed by atoms with Crippen molar-refractivity contribution in [3.8, 4) is 0 Å². The molecule has 0 bridgehead atoms. The fourth-order valence-electron chi connectivity index (χ4n) is 4.58. The van der Waals surface area contributed by atoms with Gasteiger partial charge in [-0.2, -0.15) is 0 Å². The molecule has 0 aliphatic rings. The molecule has 0 aromatic carbocycles. The number of rotatable bonds is 31. The number of ether oxygens (including phenoxy) is 3. The van der Waals surface area contributed by atoms with Crippen LogP contribution in [0.2, 0.25) is 0 Å². The molecule has 0 N–H and O–H groups in total. The predicted molar refractivity (Wildman–Crippen MR) is 178 cm³/mol. The normalized spacial score (nSPS) is 12.5. The van der Waals surface area contributed by atoms with E-state index in [0.29, 0.717) is 19.4 Å². The van der Waals surface area contributed by atoms with Gasteiger partial charge in [-0.1, -0.05) is 134 Å². The Morgan fingerprint density at radius 3 is 1.71 bits per heavy atom. The maximum Gasteiger partial charge on any atom is 0.306 e. The maximum absolute atomic E-state index is 12.4. The first-order valence-corrected chi connectivity index (χ1v) is 17.5. The van der Waals surface area contributed by atoms with Crippen molar-refractivity contribution in [3.63, 3.8) is 0 Å². The highest BCUT2D eigenvalue weighted by Gasteiger charge is 2.17. The molecule has 1 unspecified atom stereocenters. The molecule has 0 radical (unpaired) electrons. The smallest absolute Gasteiger partial charge is 0.306 e. The van der Waals surface area contributed by atoms with E-state index < -0.39 is 6.10 Å². The van der Waals surface area contributed by atoms with Crippen molar-refractivity contribution in [2.45, 2.75) is 168 Å². The van der Waals surface area contributed by atoms with E-state index in [1.54, 1.807) is 0 Å². The highest BCUT2D eigenvalue weighted by atomic mass is 16.6. The molecule has 0 amide bonds. The van der Waals surface area contributed by atoms with Gasteiger partial charge in [-0.25, -0.2) is 0 Å². The van der Waals surface area contributed by atoms with Gasteiger partial charge in [0, 0.05) is 19.4 Å². The average Bonchev–Trinajstić information content (AvgIpc) is 2.99. The Labute approximate surface area is 259 Å². The monoisotopic (exact) mass is 590 g/mol. The Balaban J connectivity index is 4.09. The van der Waals surface area contributed by atoms with Crippen LogP contribution in [0, 0.1) is 0 Å². The Morgan fingerprint density at radius 1 is 0.548 bits per heavy atom. The minimum atomic E-state index is -0.529. The molecule has 0 rings (SSSR count). The van der Waals surface area contributed by atoms with Gasteiger partial charge in [0.15, 0.2) is 6.10 Å². The van der Waals surface area contributed by atoms with Crippen LogP contribution in [0.4, 0.5) is 0 Å². The summed E-state index contributed by atoms with van der Waals surface area (Å²) < 4.78 is 16.9. The first-order valence-electron chi connectivity index (χ1n) is 17.5. The van der Waals surface area contributed by atoms with E-state index in [1.165, 1.54) is 51.4 Å². The van der Waals surface area contributed by atoms with Gasteiger partial charge in [-0.15, -0.1) is 0 Å². The number of esters is 2. The molecule has 0 fully saturated rings. The minimum absolute atomic E-state index is 0.0773. The van der Waals surface area contributed by atoms with E-state index in [4.69, 9.17) is 14.2 Å². The van der Waals surface area contributed by atoms with Crippen molar-refractivity contribution < 1.29 is 23.8 Å². The number of hydrogen-bond acceptors (Lipinski definition) is 5. The number of hydrogen-bond donors (Lipinski definition) is 0. The molecule has 0 saturated heterocycles. The second-order valence-corrected chi connectivity index (χ2v) is 11.4. The molecule has 5 heteroatoms. The highest BCUT2D eigenvalue weighted by Crippen LogP contribution is 2.11. The molecular formula is C37H66O5. The SMILES string of the molecule is CC/C=C\C/C=C\C/C=C\CCCCCCCC(=O)OCC(COCCCCCCCC)OC(=O)CCCCCCC. The third-order valence-electron chi connectivity index (χ3n) is 7.19. The lowest BCUT2D eigenvalue weighted by atomic mass is 10.1. The van der Waals surface area contributed by atoms with Gasteiger partial charge in [0.05, 0.1) is 6.61 Å². The van der Waals surface area contributed by atoms with Crippen molar-refractivity contribution in [2.24, 2.45) is 0 Å². The second kappa shape index (κ2) is 33.6. The molecule has 5 nitrogen and oxygen atoms in total. The lowest BCUT2D eigenvalue weighted by Crippen LogP contribution is -2.30. The molecule has 1 atom stereocenters. The molecule has 0 aliphatic carbocycles. The number of allylic oxidation sites excluding steroid dienone is 6. The van der Waals surface area contributed by atoms with Crippen LogP contribution in [0.1, 0.15) is 162 Å². The number of carbonyl (C=O) groups excluding carboxylic acids is 2. The highest BCUT2D eigenvalue weighted by molar-refractivity contribution is 5.70. The van der Waals surface area contributed by atoms with E-state index in [0.717, 1.165) is 77.0 Å². The lowest BCUT2D eigenvalue weighted by molar-refractivity contribution is -0.163.